The summed E-state index contributed by atoms with van der Waals surface area (Å²) in [4.78, 5) is 15.6. The van der Waals surface area contributed by atoms with Crippen molar-refractivity contribution in [2.45, 2.75) is 50.0 Å². The van der Waals surface area contributed by atoms with Crippen molar-refractivity contribution in [3.63, 3.8) is 0 Å². The fourth-order valence-electron chi connectivity index (χ4n) is 5.42. The van der Waals surface area contributed by atoms with E-state index in [1.54, 1.807) is 35.6 Å². The minimum absolute atomic E-state index is 0.119. The van der Waals surface area contributed by atoms with E-state index >= 15 is 0 Å². The van der Waals surface area contributed by atoms with Crippen LogP contribution in [0, 0.1) is 0 Å². The Hall–Kier alpha value is -3.10. The minimum Gasteiger partial charge on any atom is -0.489 e. The first kappa shape index (κ1) is 26.8. The van der Waals surface area contributed by atoms with E-state index in [0.29, 0.717) is 50.2 Å². The zero-order valence-corrected chi connectivity index (χ0v) is 24.9. The molecule has 5 aromatic rings. The average Bonchev–Trinajstić information content (AvgIpc) is 3.82. The zero-order chi connectivity index (χ0) is 28.3. The maximum atomic E-state index is 10.7. The maximum Gasteiger partial charge on any atom is 0.298 e. The average molecular weight is 626 g/mol. The molecule has 0 radical (unpaired) electrons. The van der Waals surface area contributed by atoms with Gasteiger partial charge in [-0.15, -0.1) is 11.3 Å². The molecule has 2 aliphatic carbocycles. The quantitative estimate of drug-likeness (QED) is 0.152. The Morgan fingerprint density at radius 2 is 1.83 bits per heavy atom. The second-order valence-electron chi connectivity index (χ2n) is 10.8. The Labute approximate surface area is 255 Å². The molecule has 6 nitrogen and oxygen atoms in total. The van der Waals surface area contributed by atoms with Crippen LogP contribution in [0.5, 0.6) is 11.5 Å². The fourth-order valence-corrected chi connectivity index (χ4v) is 7.50. The summed E-state index contributed by atoms with van der Waals surface area (Å²) in [5.74, 6) is 2.57. The normalized spacial score (nSPS) is 19.9. The van der Waals surface area contributed by atoms with Gasteiger partial charge >= 0.3 is 0 Å². The number of carbonyl (C=O) groups excluding carboxylic acids is 1. The van der Waals surface area contributed by atoms with E-state index in [0.717, 1.165) is 51.4 Å². The second-order valence-corrected chi connectivity index (χ2v) is 13.0. The third kappa shape index (κ3) is 4.89. The molecule has 2 aliphatic rings. The van der Waals surface area contributed by atoms with Crippen molar-refractivity contribution in [1.29, 1.82) is 0 Å². The van der Waals surface area contributed by atoms with Crippen LogP contribution in [-0.4, -0.2) is 16.6 Å². The highest BCUT2D eigenvalue weighted by molar-refractivity contribution is 7.18. The molecule has 2 fully saturated rings. The lowest BCUT2D eigenvalue weighted by Gasteiger charge is -2.12. The Morgan fingerprint density at radius 3 is 2.56 bits per heavy atom. The lowest BCUT2D eigenvalue weighted by Crippen LogP contribution is -2.04. The van der Waals surface area contributed by atoms with Crippen LogP contribution < -0.4 is 9.47 Å². The van der Waals surface area contributed by atoms with E-state index in [2.05, 4.69) is 12.1 Å². The lowest BCUT2D eigenvalue weighted by molar-refractivity contribution is -0.120. The van der Waals surface area contributed by atoms with E-state index in [1.807, 2.05) is 30.3 Å². The number of benzene rings is 3. The number of hydrogen-bond donors (Lipinski definition) is 0. The van der Waals surface area contributed by atoms with Gasteiger partial charge in [0.05, 0.1) is 25.8 Å². The topological polar surface area (TPSA) is 74.5 Å². The van der Waals surface area contributed by atoms with Crippen LogP contribution in [0.25, 0.3) is 21.5 Å². The summed E-state index contributed by atoms with van der Waals surface area (Å²) in [6, 6.07) is 16.7. The van der Waals surface area contributed by atoms with Crippen molar-refractivity contribution in [3.05, 3.63) is 91.6 Å². The third-order valence-corrected chi connectivity index (χ3v) is 10.2. The van der Waals surface area contributed by atoms with Crippen LogP contribution in [0.3, 0.4) is 0 Å². The van der Waals surface area contributed by atoms with Gasteiger partial charge in [-0.25, -0.2) is 4.98 Å². The molecule has 0 spiro atoms. The smallest absolute Gasteiger partial charge is 0.298 e. The highest BCUT2D eigenvalue weighted by atomic mass is 35.5. The highest BCUT2D eigenvalue weighted by Gasteiger charge is 2.54. The van der Waals surface area contributed by atoms with Crippen LogP contribution in [0.4, 0.5) is 0 Å². The van der Waals surface area contributed by atoms with Crippen LogP contribution in [0.2, 0.25) is 15.1 Å². The van der Waals surface area contributed by atoms with Gasteiger partial charge in [-0.2, -0.15) is 0 Å². The summed E-state index contributed by atoms with van der Waals surface area (Å²) in [5, 5.41) is 7.06. The van der Waals surface area contributed by atoms with Gasteiger partial charge in [0.15, 0.2) is 0 Å². The summed E-state index contributed by atoms with van der Waals surface area (Å²) in [7, 11) is 0. The summed E-state index contributed by atoms with van der Waals surface area (Å²) in [5.41, 5.74) is 3.95. The van der Waals surface area contributed by atoms with Gasteiger partial charge in [0.2, 0.25) is 0 Å². The summed E-state index contributed by atoms with van der Waals surface area (Å²) in [6.07, 6.45) is 3.06. The molecule has 0 saturated heterocycles. The molecule has 7 rings (SSSR count). The number of aromatic nitrogens is 2. The van der Waals surface area contributed by atoms with E-state index in [1.165, 1.54) is 0 Å². The van der Waals surface area contributed by atoms with Gasteiger partial charge in [-0.1, -0.05) is 59.0 Å². The molecule has 2 aromatic heterocycles. The molecule has 10 heteroatoms. The maximum absolute atomic E-state index is 10.7. The van der Waals surface area contributed by atoms with Crippen LogP contribution >= 0.6 is 46.1 Å². The first-order valence-electron chi connectivity index (χ1n) is 13.2. The van der Waals surface area contributed by atoms with Crippen molar-refractivity contribution in [3.8, 4) is 22.8 Å². The van der Waals surface area contributed by atoms with Crippen LogP contribution in [-0.2, 0) is 16.8 Å². The summed E-state index contributed by atoms with van der Waals surface area (Å²) >= 11 is 21.4. The molecular weight excluding hydrogens is 603 g/mol. The van der Waals surface area contributed by atoms with E-state index in [-0.39, 0.29) is 17.9 Å². The molecule has 2 heterocycles. The van der Waals surface area contributed by atoms with Crippen molar-refractivity contribution < 1.29 is 18.8 Å². The number of hydrogen-bond acceptors (Lipinski definition) is 7. The molecule has 2 atom stereocenters. The molecule has 0 N–H and O–H groups in total. The fraction of sp³-hybridized carbons (Fsp3) is 0.258. The Morgan fingerprint density at radius 1 is 1.05 bits per heavy atom. The minimum atomic E-state index is -0.119. The van der Waals surface area contributed by atoms with Crippen LogP contribution in [0.15, 0.2) is 59.1 Å². The molecule has 2 unspecified atom stereocenters. The standard InChI is InChI=1S/C31H23Cl3N2O4S/c1-31(30-35-25-10-8-18(39-15-37)12-26(25)41-30)13-21(31)19-9-7-17(11-24(19)34)38-14-20-28(36-40-29(20)16-5-6-16)27-22(32)3-2-4-23(27)33/h2-4,7-12,15-16,21H,5-6,13-14H2,1H3. The number of rotatable bonds is 9. The molecule has 41 heavy (non-hydrogen) atoms. The number of thiazole rings is 1. The molecule has 2 saturated carbocycles. The van der Waals surface area contributed by atoms with E-state index < -0.39 is 0 Å². The van der Waals surface area contributed by atoms with Gasteiger partial charge in [0.1, 0.15) is 34.6 Å². The molecular formula is C31H23Cl3N2O4S. The highest BCUT2D eigenvalue weighted by Crippen LogP contribution is 2.62. The molecule has 0 amide bonds. The zero-order valence-electron chi connectivity index (χ0n) is 21.8. The predicted molar refractivity (Wildman–Crippen MR) is 161 cm³/mol. The molecule has 208 valence electrons. The van der Waals surface area contributed by atoms with Crippen molar-refractivity contribution in [2.24, 2.45) is 0 Å². The van der Waals surface area contributed by atoms with Gasteiger partial charge in [-0.05, 0) is 67.1 Å². The first-order valence-corrected chi connectivity index (χ1v) is 15.2. The van der Waals surface area contributed by atoms with Gasteiger partial charge in [-0.3, -0.25) is 4.79 Å². The lowest BCUT2D eigenvalue weighted by atomic mass is 10.0. The summed E-state index contributed by atoms with van der Waals surface area (Å²) in [6.45, 7) is 2.90. The second kappa shape index (κ2) is 10.3. The molecule has 3 aromatic carbocycles. The monoisotopic (exact) mass is 624 g/mol. The Kier molecular flexibility index (Phi) is 6.74. The van der Waals surface area contributed by atoms with Gasteiger partial charge in [0, 0.05) is 28.0 Å². The Bertz CT molecular complexity index is 1790. The number of halogens is 3. The summed E-state index contributed by atoms with van der Waals surface area (Å²) < 4.78 is 18.0. The first-order chi connectivity index (χ1) is 19.9. The van der Waals surface area contributed by atoms with Crippen molar-refractivity contribution in [2.75, 3.05) is 0 Å². The van der Waals surface area contributed by atoms with Crippen molar-refractivity contribution in [1.82, 2.24) is 10.1 Å². The van der Waals surface area contributed by atoms with E-state index in [4.69, 9.17) is 53.8 Å². The third-order valence-electron chi connectivity index (χ3n) is 7.97. The Balaban J connectivity index is 1.11. The number of nitrogens with zero attached hydrogens (tertiary/aromatic N) is 2. The van der Waals surface area contributed by atoms with Crippen LogP contribution in [0.1, 0.15) is 59.9 Å². The van der Waals surface area contributed by atoms with Gasteiger partial charge < -0.3 is 14.0 Å². The van der Waals surface area contributed by atoms with Crippen molar-refractivity contribution >= 4 is 62.8 Å². The molecule has 0 aliphatic heterocycles. The largest absolute Gasteiger partial charge is 0.489 e. The van der Waals surface area contributed by atoms with Gasteiger partial charge in [0.25, 0.3) is 6.47 Å². The van der Waals surface area contributed by atoms with E-state index in [9.17, 15) is 4.79 Å². The molecule has 0 bridgehead atoms. The predicted octanol–water partition coefficient (Wildman–Crippen LogP) is 9.35. The number of fused-ring (bicyclic) bond motifs is 1. The SMILES string of the molecule is CC1(c2nc3ccc(OC=O)cc3s2)CC1c1ccc(OCc2c(-c3c(Cl)cccc3Cl)noc2C2CC2)cc1Cl. The number of ether oxygens (including phenoxy) is 2. The number of carbonyl (C=O) groups is 1.